The molecule has 3 saturated heterocycles. The van der Waals surface area contributed by atoms with Crippen molar-refractivity contribution in [1.29, 1.82) is 0 Å². The molecule has 218 valence electrons. The fourth-order valence-electron chi connectivity index (χ4n) is 7.08. The number of piperidine rings is 1. The number of hydrogen-bond acceptors (Lipinski definition) is 4. The maximum atomic E-state index is 14.0. The average Bonchev–Trinajstić information content (AvgIpc) is 3.44. The van der Waals surface area contributed by atoms with Crippen LogP contribution in [0.3, 0.4) is 0 Å². The zero-order chi connectivity index (χ0) is 28.7. The first kappa shape index (κ1) is 27.8. The van der Waals surface area contributed by atoms with Gasteiger partial charge in [0.1, 0.15) is 0 Å². The quantitative estimate of drug-likeness (QED) is 0.399. The van der Waals surface area contributed by atoms with Gasteiger partial charge in [-0.1, -0.05) is 49.4 Å². The molecule has 3 fully saturated rings. The van der Waals surface area contributed by atoms with Crippen molar-refractivity contribution in [2.24, 2.45) is 5.92 Å². The lowest BCUT2D eigenvalue weighted by Crippen LogP contribution is -2.56. The van der Waals surface area contributed by atoms with Crippen molar-refractivity contribution in [1.82, 2.24) is 24.7 Å². The first-order valence-electron chi connectivity index (χ1n) is 14.7. The molecule has 3 aliphatic heterocycles. The van der Waals surface area contributed by atoms with Crippen LogP contribution in [-0.2, 0) is 15.8 Å². The molecule has 3 aliphatic rings. The fourth-order valence-corrected chi connectivity index (χ4v) is 7.08. The molecule has 2 aromatic carbocycles. The minimum atomic E-state index is -4.52. The van der Waals surface area contributed by atoms with Crippen molar-refractivity contribution >= 4 is 22.8 Å². The predicted molar refractivity (Wildman–Crippen MR) is 149 cm³/mol. The van der Waals surface area contributed by atoms with Crippen LogP contribution in [0.4, 0.5) is 13.2 Å². The van der Waals surface area contributed by atoms with E-state index in [1.807, 2.05) is 37.3 Å². The second-order valence-electron chi connectivity index (χ2n) is 11.6. The predicted octanol–water partition coefficient (Wildman–Crippen LogP) is 5.34. The lowest BCUT2D eigenvalue weighted by Gasteiger charge is -2.41. The highest BCUT2D eigenvalue weighted by Crippen LogP contribution is 2.44. The monoisotopic (exact) mass is 567 g/mol. The van der Waals surface area contributed by atoms with E-state index < -0.39 is 12.0 Å². The maximum absolute atomic E-state index is 14.0. The van der Waals surface area contributed by atoms with Gasteiger partial charge in [0.15, 0.2) is 0 Å². The molecule has 3 aromatic rings. The number of rotatable bonds is 8. The number of fused-ring (bicyclic) bond motifs is 3. The molecule has 2 bridgehead atoms. The number of amides is 2. The Hall–Kier alpha value is -3.40. The van der Waals surface area contributed by atoms with Gasteiger partial charge in [-0.25, -0.2) is 4.98 Å². The summed E-state index contributed by atoms with van der Waals surface area (Å²) in [5.41, 5.74) is 1.95. The molecular weight excluding hydrogens is 531 g/mol. The van der Waals surface area contributed by atoms with Crippen molar-refractivity contribution < 1.29 is 22.8 Å². The molecule has 0 saturated carbocycles. The van der Waals surface area contributed by atoms with E-state index in [1.54, 1.807) is 29.2 Å². The van der Waals surface area contributed by atoms with Crippen molar-refractivity contribution in [2.75, 3.05) is 19.6 Å². The Morgan fingerprint density at radius 1 is 0.976 bits per heavy atom. The van der Waals surface area contributed by atoms with E-state index >= 15 is 0 Å². The molecule has 41 heavy (non-hydrogen) atoms. The van der Waals surface area contributed by atoms with E-state index in [2.05, 4.69) is 15.2 Å². The summed E-state index contributed by atoms with van der Waals surface area (Å²) in [6.07, 6.45) is -0.162. The number of carbonyl (C=O) groups excluding carboxylic acids is 2. The molecule has 0 spiro atoms. The van der Waals surface area contributed by atoms with E-state index in [-0.39, 0.29) is 41.9 Å². The molecule has 2 amide bonds. The average molecular weight is 568 g/mol. The SMILES string of the molecule is CCC(=O)N1CC(C(=O)N[C@@H](CCN2[C@@H]3CC[C@H]2C[C@H](n2c(C(F)(F)F)nc4ccccc42)C3)c2ccccc2)C1. The van der Waals surface area contributed by atoms with Crippen LogP contribution in [0.1, 0.15) is 68.9 Å². The van der Waals surface area contributed by atoms with Crippen LogP contribution in [0.15, 0.2) is 54.6 Å². The standard InChI is InChI=1S/C31H36F3N5O2/c1-2-28(40)37-18-21(19-37)29(41)35-25(20-8-4-3-5-9-20)14-15-38-22-12-13-23(38)17-24(16-22)39-27-11-7-6-10-26(27)36-30(39)31(32,33)34/h3-11,21-25H,2,12-19H2,1H3,(H,35,41)/t22-,23+,24-,25-/m0/s1. The van der Waals surface area contributed by atoms with Gasteiger partial charge < -0.3 is 14.8 Å². The van der Waals surface area contributed by atoms with Crippen molar-refractivity contribution in [2.45, 2.75) is 75.8 Å². The Bertz CT molecular complexity index is 1390. The number of imidazole rings is 1. The van der Waals surface area contributed by atoms with Gasteiger partial charge in [0.2, 0.25) is 17.6 Å². The van der Waals surface area contributed by atoms with Crippen LogP contribution in [0, 0.1) is 5.92 Å². The van der Waals surface area contributed by atoms with Gasteiger partial charge in [-0.15, -0.1) is 0 Å². The molecule has 4 heterocycles. The van der Waals surface area contributed by atoms with Crippen LogP contribution >= 0.6 is 0 Å². The Morgan fingerprint density at radius 3 is 2.29 bits per heavy atom. The second kappa shape index (κ2) is 11.1. The molecule has 7 nitrogen and oxygen atoms in total. The lowest BCUT2D eigenvalue weighted by molar-refractivity contribution is -0.148. The summed E-state index contributed by atoms with van der Waals surface area (Å²) < 4.78 is 43.5. The number of hydrogen-bond donors (Lipinski definition) is 1. The summed E-state index contributed by atoms with van der Waals surface area (Å²) in [5, 5.41) is 3.24. The smallest absolute Gasteiger partial charge is 0.349 e. The number of carbonyl (C=O) groups is 2. The Morgan fingerprint density at radius 2 is 1.63 bits per heavy atom. The first-order valence-corrected chi connectivity index (χ1v) is 14.7. The van der Waals surface area contributed by atoms with Crippen LogP contribution in [0.25, 0.3) is 11.0 Å². The van der Waals surface area contributed by atoms with Crippen molar-refractivity contribution in [3.05, 3.63) is 66.0 Å². The highest BCUT2D eigenvalue weighted by Gasteiger charge is 2.45. The van der Waals surface area contributed by atoms with E-state index in [4.69, 9.17) is 0 Å². The zero-order valence-corrected chi connectivity index (χ0v) is 23.2. The van der Waals surface area contributed by atoms with Gasteiger partial charge in [-0.2, -0.15) is 13.2 Å². The number of nitrogens with zero attached hydrogens (tertiary/aromatic N) is 4. The third-order valence-electron chi connectivity index (χ3n) is 9.18. The van der Waals surface area contributed by atoms with E-state index in [1.165, 1.54) is 4.57 Å². The summed E-state index contributed by atoms with van der Waals surface area (Å²) >= 11 is 0. The van der Waals surface area contributed by atoms with Gasteiger partial charge >= 0.3 is 6.18 Å². The van der Waals surface area contributed by atoms with Gasteiger partial charge in [-0.3, -0.25) is 14.5 Å². The molecule has 1 aromatic heterocycles. The maximum Gasteiger partial charge on any atom is 0.449 e. The number of nitrogens with one attached hydrogen (secondary N) is 1. The number of aromatic nitrogens is 2. The van der Waals surface area contributed by atoms with E-state index in [0.29, 0.717) is 49.8 Å². The Labute approximate surface area is 237 Å². The number of benzene rings is 2. The Balaban J connectivity index is 1.14. The van der Waals surface area contributed by atoms with Crippen molar-refractivity contribution in [3.8, 4) is 0 Å². The molecule has 10 heteroatoms. The molecule has 0 radical (unpaired) electrons. The molecule has 0 unspecified atom stereocenters. The molecular formula is C31H36F3N5O2. The van der Waals surface area contributed by atoms with Crippen LogP contribution in [0.5, 0.6) is 0 Å². The number of para-hydroxylation sites is 2. The van der Waals surface area contributed by atoms with Gasteiger partial charge in [-0.05, 0) is 49.8 Å². The molecule has 1 N–H and O–H groups in total. The summed E-state index contributed by atoms with van der Waals surface area (Å²) in [6.45, 7) is 3.49. The lowest BCUT2D eigenvalue weighted by atomic mass is 9.94. The zero-order valence-electron chi connectivity index (χ0n) is 23.2. The topological polar surface area (TPSA) is 70.5 Å². The summed E-state index contributed by atoms with van der Waals surface area (Å²) in [4.78, 5) is 33.1. The molecule has 4 atom stereocenters. The Kier molecular flexibility index (Phi) is 7.52. The van der Waals surface area contributed by atoms with Gasteiger partial charge in [0.05, 0.1) is 23.0 Å². The normalized spacial score (nSPS) is 23.9. The minimum Gasteiger partial charge on any atom is -0.349 e. The molecule has 0 aliphatic carbocycles. The summed E-state index contributed by atoms with van der Waals surface area (Å²) in [7, 11) is 0. The number of alkyl halides is 3. The van der Waals surface area contributed by atoms with Crippen LogP contribution in [0.2, 0.25) is 0 Å². The number of halogens is 3. The minimum absolute atomic E-state index is 0.0349. The summed E-state index contributed by atoms with van der Waals surface area (Å²) in [5.74, 6) is -0.971. The molecule has 6 rings (SSSR count). The van der Waals surface area contributed by atoms with E-state index in [9.17, 15) is 22.8 Å². The summed E-state index contributed by atoms with van der Waals surface area (Å²) in [6, 6.07) is 16.7. The first-order chi connectivity index (χ1) is 19.7. The third-order valence-corrected chi connectivity index (χ3v) is 9.18. The van der Waals surface area contributed by atoms with E-state index in [0.717, 1.165) is 24.9 Å². The highest BCUT2D eigenvalue weighted by molar-refractivity contribution is 5.84. The second-order valence-corrected chi connectivity index (χ2v) is 11.6. The largest absolute Gasteiger partial charge is 0.449 e. The fraction of sp³-hybridized carbons (Fsp3) is 0.516. The highest BCUT2D eigenvalue weighted by atomic mass is 19.4. The van der Waals surface area contributed by atoms with Gasteiger partial charge in [0.25, 0.3) is 0 Å². The van der Waals surface area contributed by atoms with Gasteiger partial charge in [0, 0.05) is 44.2 Å². The van der Waals surface area contributed by atoms with Crippen molar-refractivity contribution in [3.63, 3.8) is 0 Å². The third kappa shape index (κ3) is 5.46. The van der Waals surface area contributed by atoms with Crippen LogP contribution < -0.4 is 5.32 Å². The number of likely N-dealkylation sites (tertiary alicyclic amines) is 1. The van der Waals surface area contributed by atoms with Crippen LogP contribution in [-0.4, -0.2) is 62.9 Å².